The Kier molecular flexibility index (Phi) is 4.53. The fraction of sp³-hybridized carbons (Fsp3) is 0.667. The van der Waals surface area contributed by atoms with E-state index in [4.69, 9.17) is 0 Å². The lowest BCUT2D eigenvalue weighted by Crippen LogP contribution is -2.10. The van der Waals surface area contributed by atoms with Crippen molar-refractivity contribution in [3.8, 4) is 0 Å². The number of Topliss-reactive ketones (excluding diaryl/α,β-unsaturated/α-hetero) is 1. The number of rotatable bonds is 6. The number of aryl methyl sites for hydroxylation is 1. The first-order valence-electron chi connectivity index (χ1n) is 5.69. The SMILES string of the molecule is CCCn1ccnc1C(=O)CCC(C)C. The van der Waals surface area contributed by atoms with Crippen molar-refractivity contribution in [3.05, 3.63) is 18.2 Å². The van der Waals surface area contributed by atoms with Gasteiger partial charge in [-0.15, -0.1) is 0 Å². The van der Waals surface area contributed by atoms with E-state index in [2.05, 4.69) is 25.8 Å². The molecule has 1 rings (SSSR count). The van der Waals surface area contributed by atoms with Crippen LogP contribution in [0.25, 0.3) is 0 Å². The van der Waals surface area contributed by atoms with Crippen molar-refractivity contribution < 1.29 is 4.79 Å². The van der Waals surface area contributed by atoms with Crippen LogP contribution in [0.4, 0.5) is 0 Å². The molecule has 0 saturated heterocycles. The third kappa shape index (κ3) is 3.50. The van der Waals surface area contributed by atoms with Crippen LogP contribution in [0.3, 0.4) is 0 Å². The van der Waals surface area contributed by atoms with E-state index in [-0.39, 0.29) is 5.78 Å². The molecule has 1 aromatic rings. The summed E-state index contributed by atoms with van der Waals surface area (Å²) in [5.74, 6) is 1.36. The molecule has 3 heteroatoms. The summed E-state index contributed by atoms with van der Waals surface area (Å²) in [6, 6.07) is 0. The van der Waals surface area contributed by atoms with Gasteiger partial charge in [-0.2, -0.15) is 0 Å². The average Bonchev–Trinajstić information content (AvgIpc) is 2.63. The Balaban J connectivity index is 2.60. The molecule has 0 aliphatic heterocycles. The molecule has 0 fully saturated rings. The second kappa shape index (κ2) is 5.69. The summed E-state index contributed by atoms with van der Waals surface area (Å²) in [6.45, 7) is 7.24. The Morgan fingerprint density at radius 3 is 2.87 bits per heavy atom. The molecular formula is C12H20N2O. The number of carbonyl (C=O) groups excluding carboxylic acids is 1. The predicted molar refractivity (Wildman–Crippen MR) is 60.9 cm³/mol. The molecular weight excluding hydrogens is 188 g/mol. The van der Waals surface area contributed by atoms with E-state index in [1.807, 2.05) is 10.8 Å². The van der Waals surface area contributed by atoms with Gasteiger partial charge in [-0.3, -0.25) is 4.79 Å². The first-order valence-corrected chi connectivity index (χ1v) is 5.69. The van der Waals surface area contributed by atoms with Gasteiger partial charge in [-0.25, -0.2) is 4.98 Å². The van der Waals surface area contributed by atoms with E-state index in [1.54, 1.807) is 6.20 Å². The highest BCUT2D eigenvalue weighted by atomic mass is 16.1. The van der Waals surface area contributed by atoms with Crippen LogP contribution in [0.2, 0.25) is 0 Å². The molecule has 0 bridgehead atoms. The summed E-state index contributed by atoms with van der Waals surface area (Å²) in [5, 5.41) is 0. The van der Waals surface area contributed by atoms with Crippen LogP contribution in [-0.4, -0.2) is 15.3 Å². The molecule has 0 saturated carbocycles. The summed E-state index contributed by atoms with van der Waals surface area (Å²) in [7, 11) is 0. The maximum absolute atomic E-state index is 11.8. The fourth-order valence-corrected chi connectivity index (χ4v) is 1.51. The van der Waals surface area contributed by atoms with E-state index in [0.717, 1.165) is 19.4 Å². The fourth-order valence-electron chi connectivity index (χ4n) is 1.51. The first-order chi connectivity index (χ1) is 7.15. The number of carbonyl (C=O) groups is 1. The average molecular weight is 208 g/mol. The molecule has 3 nitrogen and oxygen atoms in total. The maximum atomic E-state index is 11.8. The third-order valence-electron chi connectivity index (χ3n) is 2.38. The summed E-state index contributed by atoms with van der Waals surface area (Å²) in [5.41, 5.74) is 0. The van der Waals surface area contributed by atoms with Crippen molar-refractivity contribution in [2.45, 2.75) is 46.6 Å². The minimum Gasteiger partial charge on any atom is -0.329 e. The van der Waals surface area contributed by atoms with Crippen LogP contribution in [0.5, 0.6) is 0 Å². The summed E-state index contributed by atoms with van der Waals surface area (Å²) >= 11 is 0. The van der Waals surface area contributed by atoms with E-state index in [0.29, 0.717) is 18.2 Å². The van der Waals surface area contributed by atoms with E-state index in [9.17, 15) is 4.79 Å². The highest BCUT2D eigenvalue weighted by Crippen LogP contribution is 2.09. The Bertz CT molecular complexity index is 315. The zero-order valence-electron chi connectivity index (χ0n) is 9.86. The van der Waals surface area contributed by atoms with Crippen LogP contribution in [0.15, 0.2) is 12.4 Å². The number of hydrogen-bond donors (Lipinski definition) is 0. The van der Waals surface area contributed by atoms with Crippen LogP contribution >= 0.6 is 0 Å². The molecule has 0 aromatic carbocycles. The summed E-state index contributed by atoms with van der Waals surface area (Å²) < 4.78 is 1.95. The van der Waals surface area contributed by atoms with Crippen molar-refractivity contribution in [1.29, 1.82) is 0 Å². The van der Waals surface area contributed by atoms with Crippen molar-refractivity contribution in [2.24, 2.45) is 5.92 Å². The smallest absolute Gasteiger partial charge is 0.198 e. The maximum Gasteiger partial charge on any atom is 0.198 e. The predicted octanol–water partition coefficient (Wildman–Crippen LogP) is 2.91. The van der Waals surface area contributed by atoms with Gasteiger partial charge in [0.25, 0.3) is 0 Å². The quantitative estimate of drug-likeness (QED) is 0.674. The lowest BCUT2D eigenvalue weighted by molar-refractivity contribution is 0.0961. The van der Waals surface area contributed by atoms with Gasteiger partial charge in [0.05, 0.1) is 0 Å². The minimum absolute atomic E-state index is 0.169. The number of ketones is 1. The van der Waals surface area contributed by atoms with Gasteiger partial charge >= 0.3 is 0 Å². The van der Waals surface area contributed by atoms with Crippen LogP contribution in [0, 0.1) is 5.92 Å². The molecule has 1 heterocycles. The minimum atomic E-state index is 0.169. The third-order valence-corrected chi connectivity index (χ3v) is 2.38. The molecule has 0 spiro atoms. The Labute approximate surface area is 91.5 Å². The van der Waals surface area contributed by atoms with Gasteiger partial charge in [0, 0.05) is 25.4 Å². The number of nitrogens with zero attached hydrogens (tertiary/aromatic N) is 2. The lowest BCUT2D eigenvalue weighted by Gasteiger charge is -2.06. The Hall–Kier alpha value is -1.12. The molecule has 0 aliphatic carbocycles. The molecule has 0 aliphatic rings. The highest BCUT2D eigenvalue weighted by molar-refractivity contribution is 5.92. The summed E-state index contributed by atoms with van der Waals surface area (Å²) in [6.07, 6.45) is 6.17. The first kappa shape index (κ1) is 12.0. The molecule has 0 amide bonds. The second-order valence-electron chi connectivity index (χ2n) is 4.30. The summed E-state index contributed by atoms with van der Waals surface area (Å²) in [4.78, 5) is 15.9. The van der Waals surface area contributed by atoms with E-state index < -0.39 is 0 Å². The molecule has 1 aromatic heterocycles. The van der Waals surface area contributed by atoms with Gasteiger partial charge in [-0.1, -0.05) is 20.8 Å². The zero-order valence-corrected chi connectivity index (χ0v) is 9.86. The Morgan fingerprint density at radius 2 is 2.27 bits per heavy atom. The van der Waals surface area contributed by atoms with Gasteiger partial charge < -0.3 is 4.57 Å². The molecule has 0 radical (unpaired) electrons. The van der Waals surface area contributed by atoms with Crippen molar-refractivity contribution in [3.63, 3.8) is 0 Å². The van der Waals surface area contributed by atoms with Gasteiger partial charge in [0.15, 0.2) is 11.6 Å². The monoisotopic (exact) mass is 208 g/mol. The van der Waals surface area contributed by atoms with Crippen LogP contribution in [-0.2, 0) is 6.54 Å². The topological polar surface area (TPSA) is 34.9 Å². The van der Waals surface area contributed by atoms with Crippen molar-refractivity contribution in [2.75, 3.05) is 0 Å². The van der Waals surface area contributed by atoms with Gasteiger partial charge in [0.1, 0.15) is 0 Å². The molecule has 84 valence electrons. The second-order valence-corrected chi connectivity index (χ2v) is 4.30. The highest BCUT2D eigenvalue weighted by Gasteiger charge is 2.12. The molecule has 15 heavy (non-hydrogen) atoms. The van der Waals surface area contributed by atoms with Gasteiger partial charge in [0.2, 0.25) is 0 Å². The number of hydrogen-bond acceptors (Lipinski definition) is 2. The largest absolute Gasteiger partial charge is 0.329 e. The van der Waals surface area contributed by atoms with E-state index in [1.165, 1.54) is 0 Å². The standard InChI is InChI=1S/C12H20N2O/c1-4-8-14-9-7-13-12(14)11(15)6-5-10(2)3/h7,9-10H,4-6,8H2,1-3H3. The molecule has 0 unspecified atom stereocenters. The zero-order chi connectivity index (χ0) is 11.3. The Morgan fingerprint density at radius 1 is 1.53 bits per heavy atom. The molecule has 0 N–H and O–H groups in total. The van der Waals surface area contributed by atoms with Crippen LogP contribution < -0.4 is 0 Å². The number of aromatic nitrogens is 2. The lowest BCUT2D eigenvalue weighted by atomic mass is 10.1. The normalized spacial score (nSPS) is 10.9. The van der Waals surface area contributed by atoms with Crippen molar-refractivity contribution >= 4 is 5.78 Å². The number of imidazole rings is 1. The van der Waals surface area contributed by atoms with Gasteiger partial charge in [-0.05, 0) is 18.8 Å². The van der Waals surface area contributed by atoms with Crippen LogP contribution in [0.1, 0.15) is 50.7 Å². The van der Waals surface area contributed by atoms with Crippen molar-refractivity contribution in [1.82, 2.24) is 9.55 Å². The van der Waals surface area contributed by atoms with E-state index >= 15 is 0 Å². The molecule has 0 atom stereocenters.